The smallest absolute Gasteiger partial charge is 0.225 e. The molecule has 1 unspecified atom stereocenters. The van der Waals surface area contributed by atoms with Gasteiger partial charge >= 0.3 is 0 Å². The summed E-state index contributed by atoms with van der Waals surface area (Å²) in [7, 11) is 0. The van der Waals surface area contributed by atoms with Gasteiger partial charge in [0.1, 0.15) is 0 Å². The second-order valence-electron chi connectivity index (χ2n) is 5.33. The maximum atomic E-state index is 11.9. The summed E-state index contributed by atoms with van der Waals surface area (Å²) in [5, 5.41) is 6.33. The number of nitrogens with one attached hydrogen (secondary N) is 2. The van der Waals surface area contributed by atoms with Crippen LogP contribution in [0.15, 0.2) is 24.3 Å². The Morgan fingerprint density at radius 2 is 2.33 bits per heavy atom. The lowest BCUT2D eigenvalue weighted by Crippen LogP contribution is -2.27. The normalized spacial score (nSPS) is 19.2. The van der Waals surface area contributed by atoms with E-state index < -0.39 is 0 Å². The SMILES string of the molecule is CC(C)c1cccc(NC(=O)CC2CCCN2)c1. The van der Waals surface area contributed by atoms with Crippen LogP contribution in [0, 0.1) is 0 Å². The van der Waals surface area contributed by atoms with Gasteiger partial charge in [0.25, 0.3) is 0 Å². The van der Waals surface area contributed by atoms with Crippen LogP contribution in [0.25, 0.3) is 0 Å². The molecule has 1 atom stereocenters. The molecule has 0 bridgehead atoms. The first-order valence-corrected chi connectivity index (χ1v) is 6.78. The van der Waals surface area contributed by atoms with Crippen molar-refractivity contribution >= 4 is 11.6 Å². The highest BCUT2D eigenvalue weighted by Gasteiger charge is 2.17. The van der Waals surface area contributed by atoms with Crippen LogP contribution in [0.4, 0.5) is 5.69 Å². The minimum Gasteiger partial charge on any atom is -0.326 e. The third-order valence-corrected chi connectivity index (χ3v) is 3.43. The fraction of sp³-hybridized carbons (Fsp3) is 0.533. The van der Waals surface area contributed by atoms with E-state index >= 15 is 0 Å². The average molecular weight is 246 g/mol. The molecule has 2 rings (SSSR count). The fourth-order valence-electron chi connectivity index (χ4n) is 2.34. The highest BCUT2D eigenvalue weighted by Crippen LogP contribution is 2.19. The van der Waals surface area contributed by atoms with Crippen LogP contribution >= 0.6 is 0 Å². The highest BCUT2D eigenvalue weighted by molar-refractivity contribution is 5.91. The second-order valence-corrected chi connectivity index (χ2v) is 5.33. The third-order valence-electron chi connectivity index (χ3n) is 3.43. The molecular formula is C15H22N2O. The van der Waals surface area contributed by atoms with E-state index in [1.807, 2.05) is 12.1 Å². The lowest BCUT2D eigenvalue weighted by atomic mass is 10.0. The molecule has 1 aromatic rings. The van der Waals surface area contributed by atoms with E-state index in [1.54, 1.807) is 0 Å². The Morgan fingerprint density at radius 3 is 3.00 bits per heavy atom. The largest absolute Gasteiger partial charge is 0.326 e. The summed E-state index contributed by atoms with van der Waals surface area (Å²) in [6.45, 7) is 5.35. The van der Waals surface area contributed by atoms with E-state index in [9.17, 15) is 4.79 Å². The number of rotatable bonds is 4. The summed E-state index contributed by atoms with van der Waals surface area (Å²) in [5.41, 5.74) is 2.16. The number of carbonyl (C=O) groups is 1. The monoisotopic (exact) mass is 246 g/mol. The molecule has 0 radical (unpaired) electrons. The number of amides is 1. The molecule has 98 valence electrons. The Hall–Kier alpha value is -1.35. The van der Waals surface area contributed by atoms with Crippen molar-refractivity contribution in [2.24, 2.45) is 0 Å². The van der Waals surface area contributed by atoms with Gasteiger partial charge in [-0.05, 0) is 43.0 Å². The Morgan fingerprint density at radius 1 is 1.50 bits per heavy atom. The van der Waals surface area contributed by atoms with Crippen LogP contribution in [0.5, 0.6) is 0 Å². The Bertz CT molecular complexity index is 409. The van der Waals surface area contributed by atoms with Crippen LogP contribution in [0.1, 0.15) is 44.6 Å². The first-order chi connectivity index (χ1) is 8.65. The first kappa shape index (κ1) is 13.1. The summed E-state index contributed by atoms with van der Waals surface area (Å²) in [6.07, 6.45) is 2.87. The van der Waals surface area contributed by atoms with Crippen molar-refractivity contribution in [1.29, 1.82) is 0 Å². The standard InChI is InChI=1S/C15H22N2O/c1-11(2)12-5-3-6-14(9-12)17-15(18)10-13-7-4-8-16-13/h3,5-6,9,11,13,16H,4,7-8,10H2,1-2H3,(H,17,18). The van der Waals surface area contributed by atoms with Crippen molar-refractivity contribution in [3.05, 3.63) is 29.8 Å². The number of carbonyl (C=O) groups excluding carboxylic acids is 1. The minimum absolute atomic E-state index is 0.107. The van der Waals surface area contributed by atoms with Gasteiger partial charge in [-0.3, -0.25) is 4.79 Å². The molecule has 1 aromatic carbocycles. The van der Waals surface area contributed by atoms with Crippen LogP contribution in [0.3, 0.4) is 0 Å². The van der Waals surface area contributed by atoms with Crippen molar-refractivity contribution in [1.82, 2.24) is 5.32 Å². The average Bonchev–Trinajstić information content (AvgIpc) is 2.82. The number of anilines is 1. The zero-order valence-electron chi connectivity index (χ0n) is 11.2. The van der Waals surface area contributed by atoms with E-state index in [-0.39, 0.29) is 5.91 Å². The van der Waals surface area contributed by atoms with Crippen molar-refractivity contribution in [3.8, 4) is 0 Å². The van der Waals surface area contributed by atoms with Gasteiger partial charge in [0.15, 0.2) is 0 Å². The highest BCUT2D eigenvalue weighted by atomic mass is 16.1. The van der Waals surface area contributed by atoms with E-state index in [2.05, 4.69) is 36.6 Å². The predicted molar refractivity (Wildman–Crippen MR) is 74.8 cm³/mol. The van der Waals surface area contributed by atoms with E-state index in [0.29, 0.717) is 18.4 Å². The zero-order chi connectivity index (χ0) is 13.0. The Kier molecular flexibility index (Phi) is 4.37. The lowest BCUT2D eigenvalue weighted by molar-refractivity contribution is -0.116. The molecule has 1 saturated heterocycles. The number of hydrogen-bond donors (Lipinski definition) is 2. The minimum atomic E-state index is 0.107. The summed E-state index contributed by atoms with van der Waals surface area (Å²) < 4.78 is 0. The van der Waals surface area contributed by atoms with Crippen LogP contribution in [-0.2, 0) is 4.79 Å². The van der Waals surface area contributed by atoms with Crippen LogP contribution in [-0.4, -0.2) is 18.5 Å². The molecule has 3 nitrogen and oxygen atoms in total. The molecule has 1 fully saturated rings. The maximum absolute atomic E-state index is 11.9. The molecule has 1 heterocycles. The molecule has 0 aromatic heterocycles. The van der Waals surface area contributed by atoms with Gasteiger partial charge in [-0.25, -0.2) is 0 Å². The molecular weight excluding hydrogens is 224 g/mol. The van der Waals surface area contributed by atoms with Gasteiger partial charge < -0.3 is 10.6 Å². The second kappa shape index (κ2) is 6.01. The molecule has 3 heteroatoms. The molecule has 0 saturated carbocycles. The number of hydrogen-bond acceptors (Lipinski definition) is 2. The van der Waals surface area contributed by atoms with Gasteiger partial charge in [-0.2, -0.15) is 0 Å². The number of benzene rings is 1. The quantitative estimate of drug-likeness (QED) is 0.857. The fourth-order valence-corrected chi connectivity index (χ4v) is 2.34. The zero-order valence-corrected chi connectivity index (χ0v) is 11.2. The molecule has 1 aliphatic heterocycles. The molecule has 0 aliphatic carbocycles. The van der Waals surface area contributed by atoms with Gasteiger partial charge in [-0.15, -0.1) is 0 Å². The predicted octanol–water partition coefficient (Wildman–Crippen LogP) is 2.89. The first-order valence-electron chi connectivity index (χ1n) is 6.78. The van der Waals surface area contributed by atoms with Crippen molar-refractivity contribution in [3.63, 3.8) is 0 Å². The van der Waals surface area contributed by atoms with E-state index in [1.165, 1.54) is 12.0 Å². The summed E-state index contributed by atoms with van der Waals surface area (Å²) in [6, 6.07) is 8.46. The van der Waals surface area contributed by atoms with Crippen LogP contribution < -0.4 is 10.6 Å². The van der Waals surface area contributed by atoms with Gasteiger partial charge in [0.2, 0.25) is 5.91 Å². The van der Waals surface area contributed by atoms with Crippen molar-refractivity contribution in [2.75, 3.05) is 11.9 Å². The third kappa shape index (κ3) is 3.57. The molecule has 1 amide bonds. The topological polar surface area (TPSA) is 41.1 Å². The maximum Gasteiger partial charge on any atom is 0.225 e. The van der Waals surface area contributed by atoms with Crippen molar-refractivity contribution in [2.45, 2.75) is 45.1 Å². The Labute approximate surface area is 109 Å². The van der Waals surface area contributed by atoms with E-state index in [4.69, 9.17) is 0 Å². The lowest BCUT2D eigenvalue weighted by Gasteiger charge is -2.12. The van der Waals surface area contributed by atoms with Crippen LogP contribution in [0.2, 0.25) is 0 Å². The summed E-state index contributed by atoms with van der Waals surface area (Å²) in [5.74, 6) is 0.591. The summed E-state index contributed by atoms with van der Waals surface area (Å²) >= 11 is 0. The van der Waals surface area contributed by atoms with Gasteiger partial charge in [0.05, 0.1) is 0 Å². The molecule has 0 spiro atoms. The van der Waals surface area contributed by atoms with Crippen molar-refractivity contribution < 1.29 is 4.79 Å². The Balaban J connectivity index is 1.91. The van der Waals surface area contributed by atoms with E-state index in [0.717, 1.165) is 18.7 Å². The molecule has 1 aliphatic rings. The molecule has 2 N–H and O–H groups in total. The van der Waals surface area contributed by atoms with Gasteiger partial charge in [-0.1, -0.05) is 26.0 Å². The summed E-state index contributed by atoms with van der Waals surface area (Å²) in [4.78, 5) is 11.9. The van der Waals surface area contributed by atoms with Gasteiger partial charge in [0, 0.05) is 18.2 Å². The molecule has 18 heavy (non-hydrogen) atoms.